The summed E-state index contributed by atoms with van der Waals surface area (Å²) >= 11 is 0. The zero-order valence-electron chi connectivity index (χ0n) is 14.9. The van der Waals surface area contributed by atoms with Crippen molar-refractivity contribution in [1.82, 2.24) is 0 Å². The van der Waals surface area contributed by atoms with E-state index in [1.165, 1.54) is 12.7 Å². The van der Waals surface area contributed by atoms with Crippen LogP contribution in [0.15, 0.2) is 42.5 Å². The fourth-order valence-corrected chi connectivity index (χ4v) is 2.29. The fraction of sp³-hybridized carbons (Fsp3) is 0.350. The van der Waals surface area contributed by atoms with Gasteiger partial charge in [0, 0.05) is 0 Å². The molecule has 2 aromatic carbocycles. The van der Waals surface area contributed by atoms with Crippen molar-refractivity contribution in [3.8, 4) is 11.5 Å². The zero-order valence-corrected chi connectivity index (χ0v) is 14.9. The molecule has 2 rings (SSSR count). The number of hydrogen-bond acceptors (Lipinski definition) is 4. The molecule has 4 heteroatoms. The van der Waals surface area contributed by atoms with Crippen molar-refractivity contribution in [2.24, 2.45) is 0 Å². The van der Waals surface area contributed by atoms with E-state index in [9.17, 15) is 4.79 Å². The predicted molar refractivity (Wildman–Crippen MR) is 93.8 cm³/mol. The number of hydrogen-bond donors (Lipinski definition) is 0. The molecular weight excluding hydrogens is 304 g/mol. The number of methoxy groups -OCH3 is 2. The molecule has 128 valence electrons. The van der Waals surface area contributed by atoms with Gasteiger partial charge >= 0.3 is 5.97 Å². The Hall–Kier alpha value is -2.49. The Balaban J connectivity index is 2.10. The molecule has 24 heavy (non-hydrogen) atoms. The van der Waals surface area contributed by atoms with E-state index in [1.54, 1.807) is 25.3 Å². The molecule has 0 fully saturated rings. The average Bonchev–Trinajstić information content (AvgIpc) is 2.58. The molecule has 0 unspecified atom stereocenters. The van der Waals surface area contributed by atoms with E-state index in [1.807, 2.05) is 0 Å². The van der Waals surface area contributed by atoms with E-state index in [2.05, 4.69) is 45.0 Å². The average molecular weight is 328 g/mol. The molecule has 0 spiro atoms. The van der Waals surface area contributed by atoms with Gasteiger partial charge in [0.15, 0.2) is 11.5 Å². The van der Waals surface area contributed by atoms with Gasteiger partial charge in [-0.25, -0.2) is 4.79 Å². The van der Waals surface area contributed by atoms with E-state index in [0.29, 0.717) is 23.7 Å². The van der Waals surface area contributed by atoms with Gasteiger partial charge in [0.1, 0.15) is 6.61 Å². The predicted octanol–water partition coefficient (Wildman–Crippen LogP) is 4.36. The molecule has 0 aromatic heterocycles. The van der Waals surface area contributed by atoms with Gasteiger partial charge in [0.25, 0.3) is 0 Å². The number of esters is 1. The van der Waals surface area contributed by atoms with Gasteiger partial charge in [-0.2, -0.15) is 0 Å². The summed E-state index contributed by atoms with van der Waals surface area (Å²) in [6, 6.07) is 13.4. The maximum Gasteiger partial charge on any atom is 0.337 e. The van der Waals surface area contributed by atoms with Gasteiger partial charge in [-0.3, -0.25) is 0 Å². The summed E-state index contributed by atoms with van der Waals surface area (Å²) in [7, 11) is 2.89. The highest BCUT2D eigenvalue weighted by Gasteiger charge is 2.14. The van der Waals surface area contributed by atoms with Crippen LogP contribution >= 0.6 is 0 Å². The second-order valence-electron chi connectivity index (χ2n) is 6.59. The number of rotatable bonds is 5. The molecule has 0 N–H and O–H groups in total. The Morgan fingerprint density at radius 3 is 2.17 bits per heavy atom. The summed E-state index contributed by atoms with van der Waals surface area (Å²) in [4.78, 5) is 11.6. The first-order chi connectivity index (χ1) is 11.3. The molecule has 0 bridgehead atoms. The van der Waals surface area contributed by atoms with Crippen molar-refractivity contribution in [2.75, 3.05) is 14.2 Å². The summed E-state index contributed by atoms with van der Waals surface area (Å²) in [6.45, 7) is 6.99. The minimum absolute atomic E-state index is 0.131. The van der Waals surface area contributed by atoms with Crippen molar-refractivity contribution in [3.63, 3.8) is 0 Å². The smallest absolute Gasteiger partial charge is 0.337 e. The molecule has 0 radical (unpaired) electrons. The largest absolute Gasteiger partial charge is 0.493 e. The lowest BCUT2D eigenvalue weighted by Crippen LogP contribution is -2.10. The van der Waals surface area contributed by atoms with E-state index < -0.39 is 5.97 Å². The Morgan fingerprint density at radius 1 is 0.958 bits per heavy atom. The second kappa shape index (κ2) is 7.39. The first-order valence-corrected chi connectivity index (χ1v) is 7.83. The number of ether oxygens (including phenoxy) is 3. The Bertz CT molecular complexity index is 697. The molecule has 4 nitrogen and oxygen atoms in total. The summed E-state index contributed by atoms with van der Waals surface area (Å²) in [6.07, 6.45) is 0. The minimum Gasteiger partial charge on any atom is -0.493 e. The van der Waals surface area contributed by atoms with Gasteiger partial charge < -0.3 is 14.2 Å². The Morgan fingerprint density at radius 2 is 1.62 bits per heavy atom. The maximum absolute atomic E-state index is 11.6. The van der Waals surface area contributed by atoms with Crippen molar-refractivity contribution < 1.29 is 19.0 Å². The highest BCUT2D eigenvalue weighted by Crippen LogP contribution is 2.29. The molecule has 0 aliphatic heterocycles. The Kier molecular flexibility index (Phi) is 5.50. The van der Waals surface area contributed by atoms with Crippen molar-refractivity contribution in [2.45, 2.75) is 32.8 Å². The monoisotopic (exact) mass is 328 g/mol. The number of carbonyl (C=O) groups excluding carboxylic acids is 1. The summed E-state index contributed by atoms with van der Waals surface area (Å²) in [5.74, 6) is 0.687. The molecular formula is C20H24O4. The molecule has 0 aliphatic rings. The SMILES string of the molecule is COC(=O)c1ccc(OCc2ccc(C(C)(C)C)cc2)c(OC)c1. The standard InChI is InChI=1S/C20H24O4/c1-20(2,3)16-9-6-14(7-10-16)13-24-17-11-8-15(19(21)23-5)12-18(17)22-4/h6-12H,13H2,1-5H3. The van der Waals surface area contributed by atoms with Crippen LogP contribution in [0.5, 0.6) is 11.5 Å². The van der Waals surface area contributed by atoms with Crippen molar-refractivity contribution >= 4 is 5.97 Å². The second-order valence-corrected chi connectivity index (χ2v) is 6.59. The molecule has 2 aromatic rings. The highest BCUT2D eigenvalue weighted by atomic mass is 16.5. The molecule has 0 saturated heterocycles. The summed E-state index contributed by atoms with van der Waals surface area (Å²) in [5, 5.41) is 0. The summed E-state index contributed by atoms with van der Waals surface area (Å²) in [5.41, 5.74) is 2.91. The lowest BCUT2D eigenvalue weighted by molar-refractivity contribution is 0.0600. The third-order valence-electron chi connectivity index (χ3n) is 3.80. The van der Waals surface area contributed by atoms with E-state index >= 15 is 0 Å². The third kappa shape index (κ3) is 4.28. The summed E-state index contributed by atoms with van der Waals surface area (Å²) < 4.78 is 15.8. The molecule has 0 amide bonds. The van der Waals surface area contributed by atoms with Crippen LogP contribution in [0.4, 0.5) is 0 Å². The van der Waals surface area contributed by atoms with Crippen LogP contribution in [0.2, 0.25) is 0 Å². The van der Waals surface area contributed by atoms with Gasteiger partial charge in [-0.1, -0.05) is 45.0 Å². The van der Waals surface area contributed by atoms with E-state index in [4.69, 9.17) is 14.2 Å². The maximum atomic E-state index is 11.6. The van der Waals surface area contributed by atoms with Gasteiger partial charge in [-0.05, 0) is 34.7 Å². The van der Waals surface area contributed by atoms with Crippen LogP contribution in [0.25, 0.3) is 0 Å². The molecule has 0 aliphatic carbocycles. The normalized spacial score (nSPS) is 11.0. The van der Waals surface area contributed by atoms with Crippen molar-refractivity contribution in [3.05, 3.63) is 59.2 Å². The molecule has 0 atom stereocenters. The van der Waals surface area contributed by atoms with Crippen molar-refractivity contribution in [1.29, 1.82) is 0 Å². The molecule has 0 saturated carbocycles. The highest BCUT2D eigenvalue weighted by molar-refractivity contribution is 5.90. The van der Waals surface area contributed by atoms with Crippen LogP contribution in [0.1, 0.15) is 42.3 Å². The first kappa shape index (κ1) is 17.9. The lowest BCUT2D eigenvalue weighted by atomic mass is 9.87. The van der Waals surface area contributed by atoms with E-state index in [-0.39, 0.29) is 5.41 Å². The van der Waals surface area contributed by atoms with Crippen LogP contribution in [-0.4, -0.2) is 20.2 Å². The topological polar surface area (TPSA) is 44.8 Å². The van der Waals surface area contributed by atoms with Crippen LogP contribution in [-0.2, 0) is 16.8 Å². The zero-order chi connectivity index (χ0) is 17.7. The van der Waals surface area contributed by atoms with Crippen LogP contribution in [0, 0.1) is 0 Å². The minimum atomic E-state index is -0.405. The van der Waals surface area contributed by atoms with Crippen LogP contribution in [0.3, 0.4) is 0 Å². The number of benzene rings is 2. The van der Waals surface area contributed by atoms with E-state index in [0.717, 1.165) is 5.56 Å². The quantitative estimate of drug-likeness (QED) is 0.765. The fourth-order valence-electron chi connectivity index (χ4n) is 2.29. The molecule has 0 heterocycles. The van der Waals surface area contributed by atoms with Gasteiger partial charge in [0.05, 0.1) is 19.8 Å². The first-order valence-electron chi connectivity index (χ1n) is 7.83. The van der Waals surface area contributed by atoms with Crippen LogP contribution < -0.4 is 9.47 Å². The lowest BCUT2D eigenvalue weighted by Gasteiger charge is -2.19. The number of carbonyl (C=O) groups is 1. The van der Waals surface area contributed by atoms with Gasteiger partial charge in [0.2, 0.25) is 0 Å². The van der Waals surface area contributed by atoms with Gasteiger partial charge in [-0.15, -0.1) is 0 Å². The Labute approximate surface area is 143 Å². The third-order valence-corrected chi connectivity index (χ3v) is 3.80.